The van der Waals surface area contributed by atoms with E-state index < -0.39 is 21.6 Å². The molecule has 2 aliphatic rings. The number of nitrogens with zero attached hydrogens (tertiary/aromatic N) is 3. The number of sulfonamides is 1. The third-order valence-corrected chi connectivity index (χ3v) is 6.87. The number of hydrogen-bond acceptors (Lipinski definition) is 6. The van der Waals surface area contributed by atoms with E-state index in [1.807, 2.05) is 27.8 Å². The van der Waals surface area contributed by atoms with Crippen molar-refractivity contribution in [3.05, 3.63) is 29.8 Å². The van der Waals surface area contributed by atoms with Crippen molar-refractivity contribution >= 4 is 21.8 Å². The molecule has 1 aromatic rings. The molecule has 8 nitrogen and oxygen atoms in total. The zero-order chi connectivity index (χ0) is 22.2. The van der Waals surface area contributed by atoms with Crippen LogP contribution in [0.15, 0.2) is 34.2 Å². The van der Waals surface area contributed by atoms with E-state index in [0.717, 1.165) is 13.1 Å². The summed E-state index contributed by atoms with van der Waals surface area (Å²) < 4.78 is 27.3. The van der Waals surface area contributed by atoms with Crippen LogP contribution >= 0.6 is 0 Å². The van der Waals surface area contributed by atoms with Gasteiger partial charge < -0.3 is 10.2 Å². The Balaban J connectivity index is 1.92. The van der Waals surface area contributed by atoms with E-state index in [4.69, 9.17) is 0 Å². The summed E-state index contributed by atoms with van der Waals surface area (Å²) in [6, 6.07) is 8.04. The summed E-state index contributed by atoms with van der Waals surface area (Å²) >= 11 is 0. The third kappa shape index (κ3) is 4.82. The van der Waals surface area contributed by atoms with Gasteiger partial charge in [-0.25, -0.2) is 8.42 Å². The molecule has 0 aliphatic carbocycles. The Morgan fingerprint density at radius 1 is 1.33 bits per heavy atom. The lowest BCUT2D eigenvalue weighted by molar-refractivity contribution is -0.124. The van der Waals surface area contributed by atoms with E-state index in [0.29, 0.717) is 24.8 Å². The predicted molar refractivity (Wildman–Crippen MR) is 114 cm³/mol. The number of nitriles is 1. The molecule has 2 heterocycles. The van der Waals surface area contributed by atoms with Gasteiger partial charge >= 0.3 is 0 Å². The van der Waals surface area contributed by atoms with Gasteiger partial charge in [0.1, 0.15) is 17.4 Å². The lowest BCUT2D eigenvalue weighted by Crippen LogP contribution is -2.56. The van der Waals surface area contributed by atoms with Gasteiger partial charge in [-0.1, -0.05) is 32.9 Å². The van der Waals surface area contributed by atoms with Crippen LogP contribution in [-0.2, 0) is 14.8 Å². The van der Waals surface area contributed by atoms with Crippen molar-refractivity contribution in [1.29, 1.82) is 5.26 Å². The molecule has 0 bridgehead atoms. The minimum atomic E-state index is -3.69. The minimum absolute atomic E-state index is 0.155. The zero-order valence-corrected chi connectivity index (χ0v) is 18.7. The minimum Gasteiger partial charge on any atom is -0.336 e. The number of carbonyl (C=O) groups is 1. The zero-order valence-electron chi connectivity index (χ0n) is 17.9. The van der Waals surface area contributed by atoms with Gasteiger partial charge in [0.15, 0.2) is 0 Å². The van der Waals surface area contributed by atoms with Crippen molar-refractivity contribution in [2.24, 2.45) is 10.4 Å². The number of likely N-dealkylation sites (tertiary alicyclic amines) is 1. The lowest BCUT2D eigenvalue weighted by atomic mass is 9.86. The third-order valence-electron chi connectivity index (χ3n) is 5.47. The van der Waals surface area contributed by atoms with Crippen molar-refractivity contribution < 1.29 is 13.2 Å². The first kappa shape index (κ1) is 22.2. The molecule has 0 saturated carbocycles. The van der Waals surface area contributed by atoms with Crippen LogP contribution in [0.1, 0.15) is 45.6 Å². The van der Waals surface area contributed by atoms with Gasteiger partial charge in [-0.05, 0) is 43.9 Å². The summed E-state index contributed by atoms with van der Waals surface area (Å²) in [6.07, 6.45) is 1.49. The van der Waals surface area contributed by atoms with Crippen LogP contribution in [-0.4, -0.2) is 56.8 Å². The molecule has 0 radical (unpaired) electrons. The Hall–Kier alpha value is -2.44. The number of rotatable bonds is 4. The molecule has 0 aromatic heterocycles. The van der Waals surface area contributed by atoms with E-state index in [9.17, 15) is 18.5 Å². The molecule has 162 valence electrons. The van der Waals surface area contributed by atoms with E-state index in [-0.39, 0.29) is 22.1 Å². The smallest absolute Gasteiger partial charge is 0.263 e. The highest BCUT2D eigenvalue weighted by molar-refractivity contribution is 7.90. The number of piperidine rings is 1. The Morgan fingerprint density at radius 3 is 2.57 bits per heavy atom. The predicted octanol–water partition coefficient (Wildman–Crippen LogP) is 1.63. The highest BCUT2D eigenvalue weighted by atomic mass is 32.2. The molecular weight excluding hydrogens is 402 g/mol. The second-order valence-corrected chi connectivity index (χ2v) is 11.0. The van der Waals surface area contributed by atoms with Crippen LogP contribution in [0.4, 0.5) is 0 Å². The molecule has 2 N–H and O–H groups in total. The summed E-state index contributed by atoms with van der Waals surface area (Å²) in [5.41, 5.74) is -0.693. The lowest BCUT2D eigenvalue weighted by Gasteiger charge is -2.37. The second kappa shape index (κ2) is 8.00. The Labute approximate surface area is 178 Å². The number of aliphatic imine (C=N–C) groups is 1. The Bertz CT molecular complexity index is 996. The first-order chi connectivity index (χ1) is 13.9. The fraction of sp³-hybridized carbons (Fsp3) is 0.571. The first-order valence-corrected chi connectivity index (χ1v) is 11.5. The molecule has 1 aromatic carbocycles. The largest absolute Gasteiger partial charge is 0.336 e. The molecule has 3 rings (SSSR count). The maximum atomic E-state index is 13.2. The maximum absolute atomic E-state index is 13.2. The van der Waals surface area contributed by atoms with Crippen LogP contribution in [0.3, 0.4) is 0 Å². The topological polar surface area (TPSA) is 115 Å². The van der Waals surface area contributed by atoms with E-state index in [2.05, 4.69) is 26.0 Å². The maximum Gasteiger partial charge on any atom is 0.263 e. The Kier molecular flexibility index (Phi) is 5.94. The van der Waals surface area contributed by atoms with E-state index in [1.54, 1.807) is 18.2 Å². The molecule has 1 atom stereocenters. The van der Waals surface area contributed by atoms with Crippen molar-refractivity contribution in [3.63, 3.8) is 0 Å². The second-order valence-electron chi connectivity index (χ2n) is 9.35. The average Bonchev–Trinajstić information content (AvgIpc) is 2.93. The molecule has 0 spiro atoms. The van der Waals surface area contributed by atoms with Gasteiger partial charge in [-0.2, -0.15) is 5.26 Å². The number of amides is 1. The number of benzene rings is 1. The standard InChI is InChI=1S/C21H29N5O3S/c1-20(2,3)13-16(19(27)24-21(14-22)9-11-26(4)12-10-21)23-18-15-7-5-6-8-17(15)30(28,29)25-18/h5-8,16H,9-13H2,1-4H3,(H,23,25)(H,24,27). The summed E-state index contributed by atoms with van der Waals surface area (Å²) in [5, 5.41) is 12.7. The van der Waals surface area contributed by atoms with Crippen LogP contribution in [0.5, 0.6) is 0 Å². The summed E-state index contributed by atoms with van der Waals surface area (Å²) in [7, 11) is -1.70. The molecule has 30 heavy (non-hydrogen) atoms. The van der Waals surface area contributed by atoms with Gasteiger partial charge in [0.25, 0.3) is 10.0 Å². The number of nitrogens with one attached hydrogen (secondary N) is 2. The van der Waals surface area contributed by atoms with Crippen LogP contribution in [0.2, 0.25) is 0 Å². The van der Waals surface area contributed by atoms with Crippen molar-refractivity contribution in [3.8, 4) is 6.07 Å². The SMILES string of the molecule is CN1CCC(C#N)(NC(=O)C(CC(C)(C)C)N=C2NS(=O)(=O)c3ccccc32)CC1. The van der Waals surface area contributed by atoms with Gasteiger partial charge in [0, 0.05) is 18.7 Å². The Morgan fingerprint density at radius 2 is 1.97 bits per heavy atom. The molecule has 1 amide bonds. The van der Waals surface area contributed by atoms with Crippen molar-refractivity contribution in [2.75, 3.05) is 20.1 Å². The number of amidine groups is 1. The molecule has 2 aliphatic heterocycles. The van der Waals surface area contributed by atoms with Gasteiger partial charge in [0.05, 0.1) is 11.0 Å². The summed E-state index contributed by atoms with van der Waals surface area (Å²) in [6.45, 7) is 7.43. The molecule has 1 saturated heterocycles. The van der Waals surface area contributed by atoms with E-state index in [1.165, 1.54) is 6.07 Å². The highest BCUT2D eigenvalue weighted by Gasteiger charge is 2.39. The first-order valence-electron chi connectivity index (χ1n) is 10.1. The fourth-order valence-corrected chi connectivity index (χ4v) is 4.99. The number of hydrogen-bond donors (Lipinski definition) is 2. The van der Waals surface area contributed by atoms with Crippen LogP contribution < -0.4 is 10.0 Å². The van der Waals surface area contributed by atoms with Crippen molar-refractivity contribution in [1.82, 2.24) is 14.9 Å². The van der Waals surface area contributed by atoms with Gasteiger partial charge in [-0.15, -0.1) is 0 Å². The quantitative estimate of drug-likeness (QED) is 0.752. The summed E-state index contributed by atoms with van der Waals surface area (Å²) in [4.78, 5) is 20.1. The van der Waals surface area contributed by atoms with Crippen molar-refractivity contribution in [2.45, 2.75) is 56.5 Å². The number of fused-ring (bicyclic) bond motifs is 1. The molecule has 1 fully saturated rings. The molecular formula is C21H29N5O3S. The van der Waals surface area contributed by atoms with Gasteiger partial charge in [0.2, 0.25) is 5.91 Å². The molecule has 9 heteroatoms. The fourth-order valence-electron chi connectivity index (χ4n) is 3.75. The van der Waals surface area contributed by atoms with Crippen LogP contribution in [0.25, 0.3) is 0 Å². The van der Waals surface area contributed by atoms with E-state index >= 15 is 0 Å². The number of carbonyl (C=O) groups excluding carboxylic acids is 1. The monoisotopic (exact) mass is 431 g/mol. The highest BCUT2D eigenvalue weighted by Crippen LogP contribution is 2.28. The molecule has 1 unspecified atom stereocenters. The summed E-state index contributed by atoms with van der Waals surface area (Å²) in [5.74, 6) is -0.184. The van der Waals surface area contributed by atoms with Crippen LogP contribution in [0, 0.1) is 16.7 Å². The normalized spacial score (nSPS) is 22.6. The van der Waals surface area contributed by atoms with Gasteiger partial charge in [-0.3, -0.25) is 14.5 Å². The average molecular weight is 432 g/mol.